The van der Waals surface area contributed by atoms with Crippen LogP contribution >= 0.6 is 15.9 Å². The van der Waals surface area contributed by atoms with E-state index < -0.39 is 0 Å². The normalized spacial score (nSPS) is 21.3. The van der Waals surface area contributed by atoms with Gasteiger partial charge in [-0.2, -0.15) is 0 Å². The molecule has 1 unspecified atom stereocenters. The summed E-state index contributed by atoms with van der Waals surface area (Å²) in [6, 6.07) is 0. The van der Waals surface area contributed by atoms with Crippen LogP contribution in [0.15, 0.2) is 17.0 Å². The van der Waals surface area contributed by atoms with Crippen molar-refractivity contribution >= 4 is 21.7 Å². The van der Waals surface area contributed by atoms with Crippen LogP contribution in [0.3, 0.4) is 0 Å². The molecule has 1 saturated heterocycles. The summed E-state index contributed by atoms with van der Waals surface area (Å²) in [4.78, 5) is 12.9. The van der Waals surface area contributed by atoms with E-state index in [-0.39, 0.29) is 0 Å². The van der Waals surface area contributed by atoms with Crippen molar-refractivity contribution in [3.05, 3.63) is 17.0 Å². The molecule has 5 heteroatoms. The molecule has 1 aromatic heterocycles. The maximum atomic E-state index is 4.29. The lowest BCUT2D eigenvalue weighted by Gasteiger charge is -2.22. The molecule has 2 rings (SSSR count). The van der Waals surface area contributed by atoms with Crippen molar-refractivity contribution in [3.63, 3.8) is 0 Å². The van der Waals surface area contributed by atoms with Crippen LogP contribution in [0.25, 0.3) is 0 Å². The third-order valence-corrected chi connectivity index (χ3v) is 3.59. The smallest absolute Gasteiger partial charge is 0.146 e. The fraction of sp³-hybridized carbons (Fsp3) is 0.636. The van der Waals surface area contributed by atoms with Crippen LogP contribution in [0.2, 0.25) is 0 Å². The van der Waals surface area contributed by atoms with Crippen LogP contribution in [-0.4, -0.2) is 48.6 Å². The molecule has 0 N–H and O–H groups in total. The monoisotopic (exact) mass is 284 g/mol. The second kappa shape index (κ2) is 5.10. The molecule has 0 aliphatic carbocycles. The molecule has 16 heavy (non-hydrogen) atoms. The van der Waals surface area contributed by atoms with Crippen molar-refractivity contribution in [2.75, 3.05) is 38.6 Å². The predicted octanol–water partition coefficient (Wildman–Crippen LogP) is 1.63. The highest BCUT2D eigenvalue weighted by molar-refractivity contribution is 9.10. The van der Waals surface area contributed by atoms with Crippen LogP contribution in [0.5, 0.6) is 0 Å². The summed E-state index contributed by atoms with van der Waals surface area (Å²) in [7, 11) is 4.27. The Bertz CT molecular complexity index is 358. The second-order valence-electron chi connectivity index (χ2n) is 4.49. The summed E-state index contributed by atoms with van der Waals surface area (Å²) in [5.74, 6) is 1.72. The Morgan fingerprint density at radius 3 is 3.06 bits per heavy atom. The van der Waals surface area contributed by atoms with Gasteiger partial charge in [-0.1, -0.05) is 0 Å². The molecule has 0 spiro atoms. The maximum Gasteiger partial charge on any atom is 0.146 e. The minimum absolute atomic E-state index is 0.747. The van der Waals surface area contributed by atoms with Crippen molar-refractivity contribution in [2.45, 2.75) is 6.42 Å². The third-order valence-electron chi connectivity index (χ3n) is 3.03. The highest BCUT2D eigenvalue weighted by Crippen LogP contribution is 2.23. The van der Waals surface area contributed by atoms with Crippen LogP contribution in [-0.2, 0) is 0 Å². The summed E-state index contributed by atoms with van der Waals surface area (Å²) in [6.07, 6.45) is 4.67. The van der Waals surface area contributed by atoms with Gasteiger partial charge in [-0.25, -0.2) is 9.97 Å². The van der Waals surface area contributed by atoms with E-state index in [0.29, 0.717) is 0 Å². The molecule has 1 aliphatic heterocycles. The van der Waals surface area contributed by atoms with Gasteiger partial charge in [0.15, 0.2) is 0 Å². The van der Waals surface area contributed by atoms with Crippen LogP contribution in [0.1, 0.15) is 6.42 Å². The molecule has 0 aromatic carbocycles. The summed E-state index contributed by atoms with van der Waals surface area (Å²) in [6.45, 7) is 3.45. The fourth-order valence-corrected chi connectivity index (χ4v) is 2.76. The first-order valence-corrected chi connectivity index (χ1v) is 6.31. The van der Waals surface area contributed by atoms with E-state index in [1.54, 1.807) is 12.5 Å². The average molecular weight is 285 g/mol. The largest absolute Gasteiger partial charge is 0.358 e. The zero-order valence-corrected chi connectivity index (χ0v) is 11.3. The SMILES string of the molecule is CN1CCC(CN(C)c2ncncc2Br)C1. The average Bonchev–Trinajstić information content (AvgIpc) is 2.64. The van der Waals surface area contributed by atoms with Gasteiger partial charge in [0.1, 0.15) is 12.1 Å². The van der Waals surface area contributed by atoms with Gasteiger partial charge in [-0.05, 0) is 41.9 Å². The minimum Gasteiger partial charge on any atom is -0.358 e. The minimum atomic E-state index is 0.747. The number of anilines is 1. The molecule has 88 valence electrons. The molecule has 4 nitrogen and oxygen atoms in total. The molecule has 0 bridgehead atoms. The van der Waals surface area contributed by atoms with Gasteiger partial charge in [0, 0.05) is 26.3 Å². The Labute approximate surface area is 105 Å². The highest BCUT2D eigenvalue weighted by atomic mass is 79.9. The maximum absolute atomic E-state index is 4.29. The molecule has 2 heterocycles. The number of nitrogens with zero attached hydrogens (tertiary/aromatic N) is 4. The molecule has 0 saturated carbocycles. The van der Waals surface area contributed by atoms with E-state index in [1.807, 2.05) is 0 Å². The molecule has 0 amide bonds. The summed E-state index contributed by atoms with van der Waals surface area (Å²) < 4.78 is 0.962. The van der Waals surface area contributed by atoms with E-state index >= 15 is 0 Å². The van der Waals surface area contributed by atoms with Gasteiger partial charge in [0.2, 0.25) is 0 Å². The highest BCUT2D eigenvalue weighted by Gasteiger charge is 2.21. The van der Waals surface area contributed by atoms with E-state index in [1.165, 1.54) is 19.5 Å². The molecule has 1 aliphatic rings. The topological polar surface area (TPSA) is 32.3 Å². The van der Waals surface area contributed by atoms with Gasteiger partial charge in [-0.15, -0.1) is 0 Å². The van der Waals surface area contributed by atoms with Crippen LogP contribution in [0.4, 0.5) is 5.82 Å². The lowest BCUT2D eigenvalue weighted by molar-refractivity contribution is 0.395. The molecule has 0 radical (unpaired) electrons. The zero-order valence-electron chi connectivity index (χ0n) is 9.73. The Morgan fingerprint density at radius 2 is 2.44 bits per heavy atom. The van der Waals surface area contributed by atoms with E-state index in [9.17, 15) is 0 Å². The Hall–Kier alpha value is -0.680. The molecule has 1 aromatic rings. The van der Waals surface area contributed by atoms with Gasteiger partial charge in [0.05, 0.1) is 4.47 Å². The van der Waals surface area contributed by atoms with Crippen molar-refractivity contribution < 1.29 is 0 Å². The van der Waals surface area contributed by atoms with Crippen molar-refractivity contribution in [1.29, 1.82) is 0 Å². The fourth-order valence-electron chi connectivity index (χ4n) is 2.24. The van der Waals surface area contributed by atoms with E-state index in [2.05, 4.69) is 49.8 Å². The standard InChI is InChI=1S/C11H17BrN4/c1-15-4-3-9(6-15)7-16(2)11-10(12)5-13-8-14-11/h5,8-9H,3-4,6-7H2,1-2H3. The first-order chi connectivity index (χ1) is 7.66. The van der Waals surface area contributed by atoms with Crippen molar-refractivity contribution in [3.8, 4) is 0 Å². The summed E-state index contributed by atoms with van der Waals surface area (Å²) in [5, 5.41) is 0. The number of rotatable bonds is 3. The molecule has 1 fully saturated rings. The number of aromatic nitrogens is 2. The molecular formula is C11H17BrN4. The van der Waals surface area contributed by atoms with Gasteiger partial charge >= 0.3 is 0 Å². The van der Waals surface area contributed by atoms with Crippen molar-refractivity contribution in [2.24, 2.45) is 5.92 Å². The lowest BCUT2D eigenvalue weighted by atomic mass is 10.1. The van der Waals surface area contributed by atoms with Gasteiger partial charge in [0.25, 0.3) is 0 Å². The van der Waals surface area contributed by atoms with Gasteiger partial charge < -0.3 is 9.80 Å². The quantitative estimate of drug-likeness (QED) is 0.845. The Kier molecular flexibility index (Phi) is 3.76. The Balaban J connectivity index is 1.98. The van der Waals surface area contributed by atoms with E-state index in [4.69, 9.17) is 0 Å². The summed E-state index contributed by atoms with van der Waals surface area (Å²) in [5.41, 5.74) is 0. The number of hydrogen-bond donors (Lipinski definition) is 0. The second-order valence-corrected chi connectivity index (χ2v) is 5.35. The van der Waals surface area contributed by atoms with Crippen LogP contribution < -0.4 is 4.90 Å². The van der Waals surface area contributed by atoms with E-state index in [0.717, 1.165) is 22.8 Å². The summed E-state index contributed by atoms with van der Waals surface area (Å²) >= 11 is 3.48. The Morgan fingerprint density at radius 1 is 1.62 bits per heavy atom. The first kappa shape index (κ1) is 11.8. The third kappa shape index (κ3) is 2.71. The lowest BCUT2D eigenvalue weighted by Crippen LogP contribution is -2.28. The predicted molar refractivity (Wildman–Crippen MR) is 68.6 cm³/mol. The van der Waals surface area contributed by atoms with Crippen molar-refractivity contribution in [1.82, 2.24) is 14.9 Å². The van der Waals surface area contributed by atoms with Gasteiger partial charge in [-0.3, -0.25) is 0 Å². The zero-order chi connectivity index (χ0) is 11.5. The molecular weight excluding hydrogens is 268 g/mol. The first-order valence-electron chi connectivity index (χ1n) is 5.52. The number of likely N-dealkylation sites (tertiary alicyclic amines) is 1. The number of hydrogen-bond acceptors (Lipinski definition) is 4. The number of halogens is 1. The molecule has 1 atom stereocenters. The van der Waals surface area contributed by atoms with Crippen LogP contribution in [0, 0.1) is 5.92 Å².